The van der Waals surface area contributed by atoms with Crippen LogP contribution in [0.4, 0.5) is 5.69 Å². The minimum atomic E-state index is -0.0618. The van der Waals surface area contributed by atoms with Crippen molar-refractivity contribution in [2.24, 2.45) is 0 Å². The zero-order valence-electron chi connectivity index (χ0n) is 10.4. The van der Waals surface area contributed by atoms with Gasteiger partial charge in [0.15, 0.2) is 5.82 Å². The fourth-order valence-corrected chi connectivity index (χ4v) is 1.79. The molecule has 2 heterocycles. The highest BCUT2D eigenvalue weighted by Gasteiger charge is 2.21. The number of rotatable bonds is 5. The fourth-order valence-electron chi connectivity index (χ4n) is 1.79. The van der Waals surface area contributed by atoms with Gasteiger partial charge in [-0.25, -0.2) is 9.67 Å². The Morgan fingerprint density at radius 2 is 2.26 bits per heavy atom. The predicted molar refractivity (Wildman–Crippen MR) is 71.0 cm³/mol. The summed E-state index contributed by atoms with van der Waals surface area (Å²) in [6.45, 7) is 0.331. The van der Waals surface area contributed by atoms with Gasteiger partial charge in [0, 0.05) is 24.6 Å². The van der Waals surface area contributed by atoms with Crippen LogP contribution in [0.3, 0.4) is 0 Å². The van der Waals surface area contributed by atoms with Crippen LogP contribution in [0.25, 0.3) is 5.82 Å². The highest BCUT2D eigenvalue weighted by atomic mass is 16.1. The maximum Gasteiger partial charge on any atom is 0.238 e. The summed E-state index contributed by atoms with van der Waals surface area (Å²) in [6.07, 6.45) is 7.47. The molecule has 19 heavy (non-hydrogen) atoms. The van der Waals surface area contributed by atoms with E-state index in [4.69, 9.17) is 0 Å². The Morgan fingerprint density at radius 3 is 3.00 bits per heavy atom. The molecule has 1 aliphatic carbocycles. The molecule has 0 bridgehead atoms. The molecule has 0 spiro atoms. The minimum absolute atomic E-state index is 0.0618. The summed E-state index contributed by atoms with van der Waals surface area (Å²) < 4.78 is 1.63. The van der Waals surface area contributed by atoms with Crippen LogP contribution in [-0.2, 0) is 4.79 Å². The van der Waals surface area contributed by atoms with Gasteiger partial charge in [0.25, 0.3) is 0 Å². The second-order valence-corrected chi connectivity index (χ2v) is 4.53. The van der Waals surface area contributed by atoms with Crippen molar-refractivity contribution in [2.75, 3.05) is 11.9 Å². The summed E-state index contributed by atoms with van der Waals surface area (Å²) >= 11 is 0. The molecule has 6 nitrogen and oxygen atoms in total. The molecule has 6 heteroatoms. The smallest absolute Gasteiger partial charge is 0.238 e. The van der Waals surface area contributed by atoms with Crippen molar-refractivity contribution in [3.63, 3.8) is 0 Å². The van der Waals surface area contributed by atoms with Gasteiger partial charge in [0.2, 0.25) is 5.91 Å². The van der Waals surface area contributed by atoms with Crippen LogP contribution in [0.2, 0.25) is 0 Å². The summed E-state index contributed by atoms with van der Waals surface area (Å²) in [5.74, 6) is 0.556. The average Bonchev–Trinajstić information content (AvgIpc) is 3.10. The molecule has 0 aromatic carbocycles. The number of amides is 1. The second kappa shape index (κ2) is 5.19. The van der Waals surface area contributed by atoms with Crippen LogP contribution in [0, 0.1) is 0 Å². The number of nitrogens with one attached hydrogen (secondary N) is 2. The van der Waals surface area contributed by atoms with Crippen LogP contribution in [-0.4, -0.2) is 33.3 Å². The lowest BCUT2D eigenvalue weighted by molar-refractivity contribution is -0.115. The Labute approximate surface area is 110 Å². The van der Waals surface area contributed by atoms with Crippen LogP contribution in [0.5, 0.6) is 0 Å². The molecule has 2 aromatic heterocycles. The van der Waals surface area contributed by atoms with E-state index in [1.807, 2.05) is 12.1 Å². The molecule has 0 unspecified atom stereocenters. The highest BCUT2D eigenvalue weighted by molar-refractivity contribution is 5.93. The van der Waals surface area contributed by atoms with Gasteiger partial charge in [-0.15, -0.1) is 0 Å². The quantitative estimate of drug-likeness (QED) is 0.836. The number of nitrogens with zero attached hydrogens (tertiary/aromatic N) is 3. The zero-order valence-corrected chi connectivity index (χ0v) is 10.4. The number of anilines is 1. The number of pyridine rings is 1. The van der Waals surface area contributed by atoms with Crippen LogP contribution in [0.15, 0.2) is 36.8 Å². The van der Waals surface area contributed by atoms with E-state index in [1.165, 1.54) is 12.8 Å². The zero-order chi connectivity index (χ0) is 13.1. The molecule has 0 saturated heterocycles. The van der Waals surface area contributed by atoms with Gasteiger partial charge in [-0.2, -0.15) is 5.10 Å². The molecule has 98 valence electrons. The van der Waals surface area contributed by atoms with Gasteiger partial charge in [-0.05, 0) is 31.0 Å². The fraction of sp³-hybridized carbons (Fsp3) is 0.308. The molecule has 1 saturated carbocycles. The molecular formula is C13H15N5O. The van der Waals surface area contributed by atoms with Gasteiger partial charge >= 0.3 is 0 Å². The summed E-state index contributed by atoms with van der Waals surface area (Å²) in [6, 6.07) is 5.94. The molecular weight excluding hydrogens is 242 g/mol. The lowest BCUT2D eigenvalue weighted by atomic mass is 10.3. The summed E-state index contributed by atoms with van der Waals surface area (Å²) in [7, 11) is 0. The van der Waals surface area contributed by atoms with Crippen LogP contribution in [0.1, 0.15) is 12.8 Å². The molecule has 2 aromatic rings. The molecule has 3 rings (SSSR count). The SMILES string of the molecule is O=C(CNC1CC1)Nc1cccnc1-n1cccn1. The first kappa shape index (κ1) is 11.9. The first-order chi connectivity index (χ1) is 9.33. The molecule has 2 N–H and O–H groups in total. The first-order valence-corrected chi connectivity index (χ1v) is 6.31. The van der Waals surface area contributed by atoms with E-state index < -0.39 is 0 Å². The Morgan fingerprint density at radius 1 is 1.37 bits per heavy atom. The third-order valence-corrected chi connectivity index (χ3v) is 2.91. The van der Waals surface area contributed by atoms with E-state index in [-0.39, 0.29) is 5.91 Å². The molecule has 0 atom stereocenters. The summed E-state index contributed by atoms with van der Waals surface area (Å²) in [5.41, 5.74) is 0.661. The number of hydrogen-bond donors (Lipinski definition) is 2. The van der Waals surface area contributed by atoms with E-state index in [9.17, 15) is 4.79 Å². The largest absolute Gasteiger partial charge is 0.322 e. The third kappa shape index (κ3) is 2.97. The van der Waals surface area contributed by atoms with E-state index in [0.29, 0.717) is 24.1 Å². The Hall–Kier alpha value is -2.21. The van der Waals surface area contributed by atoms with E-state index in [2.05, 4.69) is 20.7 Å². The van der Waals surface area contributed by atoms with Gasteiger partial charge < -0.3 is 10.6 Å². The summed E-state index contributed by atoms with van der Waals surface area (Å²) in [5, 5.41) is 10.2. The lowest BCUT2D eigenvalue weighted by Crippen LogP contribution is -2.29. The first-order valence-electron chi connectivity index (χ1n) is 6.31. The number of aromatic nitrogens is 3. The third-order valence-electron chi connectivity index (χ3n) is 2.91. The molecule has 1 aliphatic rings. The molecule has 0 aliphatic heterocycles. The van der Waals surface area contributed by atoms with E-state index >= 15 is 0 Å². The lowest BCUT2D eigenvalue weighted by Gasteiger charge is -2.10. The van der Waals surface area contributed by atoms with Gasteiger partial charge in [0.05, 0.1) is 12.2 Å². The average molecular weight is 257 g/mol. The monoisotopic (exact) mass is 257 g/mol. The Balaban J connectivity index is 1.71. The van der Waals surface area contributed by atoms with Crippen molar-refractivity contribution in [1.29, 1.82) is 0 Å². The predicted octanol–water partition coefficient (Wildman–Crippen LogP) is 0.958. The maximum absolute atomic E-state index is 11.8. The van der Waals surface area contributed by atoms with Crippen molar-refractivity contribution in [3.8, 4) is 5.82 Å². The van der Waals surface area contributed by atoms with Crippen molar-refractivity contribution in [1.82, 2.24) is 20.1 Å². The Bertz CT molecular complexity index is 562. The van der Waals surface area contributed by atoms with E-state index in [1.54, 1.807) is 29.3 Å². The molecule has 1 amide bonds. The van der Waals surface area contributed by atoms with Gasteiger partial charge in [-0.1, -0.05) is 0 Å². The van der Waals surface area contributed by atoms with Crippen molar-refractivity contribution in [2.45, 2.75) is 18.9 Å². The summed E-state index contributed by atoms with van der Waals surface area (Å²) in [4.78, 5) is 16.1. The van der Waals surface area contributed by atoms with Crippen molar-refractivity contribution >= 4 is 11.6 Å². The maximum atomic E-state index is 11.8. The van der Waals surface area contributed by atoms with Gasteiger partial charge in [0.1, 0.15) is 0 Å². The Kier molecular flexibility index (Phi) is 3.24. The normalized spacial score (nSPS) is 14.3. The highest BCUT2D eigenvalue weighted by Crippen LogP contribution is 2.18. The second-order valence-electron chi connectivity index (χ2n) is 4.53. The van der Waals surface area contributed by atoms with Crippen LogP contribution >= 0.6 is 0 Å². The number of carbonyl (C=O) groups excluding carboxylic acids is 1. The van der Waals surface area contributed by atoms with E-state index in [0.717, 1.165) is 0 Å². The van der Waals surface area contributed by atoms with Crippen LogP contribution < -0.4 is 10.6 Å². The topological polar surface area (TPSA) is 71.8 Å². The van der Waals surface area contributed by atoms with Gasteiger partial charge in [-0.3, -0.25) is 4.79 Å². The number of carbonyl (C=O) groups is 1. The number of hydrogen-bond acceptors (Lipinski definition) is 4. The van der Waals surface area contributed by atoms with Crippen molar-refractivity contribution < 1.29 is 4.79 Å². The minimum Gasteiger partial charge on any atom is -0.322 e. The standard InChI is InChI=1S/C13H15N5O/c19-12(9-15-10-4-5-10)17-11-3-1-6-14-13(11)18-8-2-7-16-18/h1-3,6-8,10,15H,4-5,9H2,(H,17,19). The van der Waals surface area contributed by atoms with Crippen molar-refractivity contribution in [3.05, 3.63) is 36.8 Å². The molecule has 1 fully saturated rings. The molecule has 0 radical (unpaired) electrons.